The molecule has 1 N–H and O–H groups in total. The number of anilines is 1. The van der Waals surface area contributed by atoms with Gasteiger partial charge in [-0.15, -0.1) is 10.2 Å². The van der Waals surface area contributed by atoms with Gasteiger partial charge in [-0.05, 0) is 60.3 Å². The Bertz CT molecular complexity index is 1510. The third-order valence-corrected chi connectivity index (χ3v) is 6.81. The molecule has 0 saturated heterocycles. The minimum atomic E-state index is -0.310. The molecule has 10 heteroatoms. The fourth-order valence-electron chi connectivity index (χ4n) is 3.99. The zero-order valence-electron chi connectivity index (χ0n) is 21.0. The van der Waals surface area contributed by atoms with Gasteiger partial charge in [-0.2, -0.15) is 0 Å². The molecule has 0 saturated carbocycles. The van der Waals surface area contributed by atoms with Gasteiger partial charge in [-0.25, -0.2) is 15.0 Å². The van der Waals surface area contributed by atoms with Gasteiger partial charge >= 0.3 is 0 Å². The molecule has 0 radical (unpaired) electrons. The van der Waals surface area contributed by atoms with Crippen molar-refractivity contribution in [2.45, 2.75) is 25.2 Å². The Hall–Kier alpha value is -4.02. The van der Waals surface area contributed by atoms with Crippen molar-refractivity contribution >= 4 is 28.7 Å². The number of fused-ring (bicyclic) bond motifs is 1. The van der Waals surface area contributed by atoms with E-state index in [4.69, 9.17) is 9.47 Å². The van der Waals surface area contributed by atoms with Crippen LogP contribution in [0.15, 0.2) is 73.1 Å². The van der Waals surface area contributed by atoms with Crippen LogP contribution in [-0.2, 0) is 4.74 Å². The summed E-state index contributed by atoms with van der Waals surface area (Å²) in [6.07, 6.45) is 3.28. The van der Waals surface area contributed by atoms with E-state index in [-0.39, 0.29) is 11.4 Å². The number of ether oxygens (including phenoxy) is 2. The summed E-state index contributed by atoms with van der Waals surface area (Å²) < 4.78 is 16.4. The summed E-state index contributed by atoms with van der Waals surface area (Å²) in [6, 6.07) is 20.0. The monoisotopic (exact) mass is 513 g/mol. The number of pyridine rings is 1. The molecule has 0 aliphatic heterocycles. The van der Waals surface area contributed by atoms with E-state index in [0.717, 1.165) is 22.0 Å². The predicted octanol–water partition coefficient (Wildman–Crippen LogP) is 5.43. The van der Waals surface area contributed by atoms with Crippen LogP contribution < -0.4 is 9.46 Å². The Morgan fingerprint density at radius 1 is 0.919 bits per heavy atom. The van der Waals surface area contributed by atoms with Crippen molar-refractivity contribution in [2.75, 3.05) is 18.9 Å². The first kappa shape index (κ1) is 24.7. The molecular formula is C27H27N7O2S. The molecule has 2 unspecified atom stereocenters. The first-order chi connectivity index (χ1) is 18.1. The second-order valence-electron chi connectivity index (χ2n) is 8.48. The lowest BCUT2D eigenvalue weighted by Crippen LogP contribution is -2.19. The van der Waals surface area contributed by atoms with Gasteiger partial charge in [0.15, 0.2) is 11.6 Å². The normalized spacial score (nSPS) is 12.9. The maximum absolute atomic E-state index is 5.74. The van der Waals surface area contributed by atoms with Crippen LogP contribution in [0.1, 0.15) is 24.4 Å². The number of hydrogen-bond donors (Lipinski definition) is 1. The lowest BCUT2D eigenvalue weighted by atomic mass is 10.1. The van der Waals surface area contributed by atoms with Crippen molar-refractivity contribution < 1.29 is 9.47 Å². The predicted molar refractivity (Wildman–Crippen MR) is 146 cm³/mol. The van der Waals surface area contributed by atoms with Gasteiger partial charge in [0, 0.05) is 25.6 Å². The van der Waals surface area contributed by atoms with Gasteiger partial charge < -0.3 is 9.47 Å². The maximum Gasteiger partial charge on any atom is 0.239 e. The van der Waals surface area contributed by atoms with Crippen LogP contribution in [0.4, 0.5) is 5.95 Å². The van der Waals surface area contributed by atoms with Gasteiger partial charge in [0.25, 0.3) is 0 Å². The van der Waals surface area contributed by atoms with Crippen molar-refractivity contribution in [3.63, 3.8) is 0 Å². The number of rotatable bonds is 9. The summed E-state index contributed by atoms with van der Waals surface area (Å²) in [7, 11) is 3.25. The Morgan fingerprint density at radius 2 is 1.70 bits per heavy atom. The van der Waals surface area contributed by atoms with E-state index in [9.17, 15) is 0 Å². The first-order valence-corrected chi connectivity index (χ1v) is 12.6. The van der Waals surface area contributed by atoms with E-state index < -0.39 is 0 Å². The average molecular weight is 514 g/mol. The zero-order chi connectivity index (χ0) is 25.8. The Balaban J connectivity index is 1.50. The third kappa shape index (κ3) is 5.25. The van der Waals surface area contributed by atoms with Crippen molar-refractivity contribution in [2.24, 2.45) is 0 Å². The molecule has 9 nitrogen and oxygen atoms in total. The minimum Gasteiger partial charge on any atom is -0.481 e. The Labute approximate surface area is 219 Å². The molecule has 0 bridgehead atoms. The van der Waals surface area contributed by atoms with Crippen molar-refractivity contribution in [1.29, 1.82) is 0 Å². The van der Waals surface area contributed by atoms with Crippen LogP contribution in [0.3, 0.4) is 0 Å². The molecule has 0 fully saturated rings. The van der Waals surface area contributed by atoms with E-state index in [1.807, 2.05) is 41.8 Å². The molecule has 5 aromatic rings. The molecule has 0 aliphatic carbocycles. The van der Waals surface area contributed by atoms with Crippen LogP contribution in [0.25, 0.3) is 28.0 Å². The first-order valence-electron chi connectivity index (χ1n) is 11.8. The quantitative estimate of drug-likeness (QED) is 0.259. The van der Waals surface area contributed by atoms with Gasteiger partial charge in [-0.3, -0.25) is 9.29 Å². The summed E-state index contributed by atoms with van der Waals surface area (Å²) in [5.74, 6) is 2.29. The summed E-state index contributed by atoms with van der Waals surface area (Å²) >= 11 is 1.47. The fourth-order valence-corrected chi connectivity index (χ4v) is 4.77. The lowest BCUT2D eigenvalue weighted by molar-refractivity contribution is 0.0972. The number of nitrogens with zero attached hydrogens (tertiary/aromatic N) is 6. The molecule has 5 rings (SSSR count). The van der Waals surface area contributed by atoms with Gasteiger partial charge in [0.2, 0.25) is 11.8 Å². The van der Waals surface area contributed by atoms with E-state index in [2.05, 4.69) is 61.1 Å². The highest BCUT2D eigenvalue weighted by Crippen LogP contribution is 2.32. The highest BCUT2D eigenvalue weighted by atomic mass is 32.2. The van der Waals surface area contributed by atoms with Gasteiger partial charge in [-0.1, -0.05) is 36.4 Å². The third-order valence-electron chi connectivity index (χ3n) is 5.89. The molecule has 0 spiro atoms. The molecule has 2 aromatic carbocycles. The Morgan fingerprint density at radius 3 is 2.46 bits per heavy atom. The van der Waals surface area contributed by atoms with Gasteiger partial charge in [0.05, 0.1) is 18.0 Å². The summed E-state index contributed by atoms with van der Waals surface area (Å²) in [4.78, 5) is 13.5. The lowest BCUT2D eigenvalue weighted by Gasteiger charge is -2.21. The molecule has 3 heterocycles. The van der Waals surface area contributed by atoms with Crippen LogP contribution in [0, 0.1) is 6.92 Å². The van der Waals surface area contributed by atoms with E-state index in [0.29, 0.717) is 29.2 Å². The molecule has 0 amide bonds. The van der Waals surface area contributed by atoms with Crippen LogP contribution in [-0.4, -0.2) is 49.2 Å². The topological polar surface area (TPSA) is 99.9 Å². The highest BCUT2D eigenvalue weighted by molar-refractivity contribution is 8.01. The van der Waals surface area contributed by atoms with Crippen molar-refractivity contribution in [3.05, 3.63) is 84.4 Å². The summed E-state index contributed by atoms with van der Waals surface area (Å²) in [5.41, 5.74) is 2.55. The van der Waals surface area contributed by atoms with Gasteiger partial charge in [0.1, 0.15) is 11.8 Å². The van der Waals surface area contributed by atoms with E-state index in [1.165, 1.54) is 11.9 Å². The number of hydrogen-bond acceptors (Lipinski definition) is 9. The van der Waals surface area contributed by atoms with E-state index in [1.54, 1.807) is 32.7 Å². The second-order valence-corrected chi connectivity index (χ2v) is 9.66. The minimum absolute atomic E-state index is 0.0344. The van der Waals surface area contributed by atoms with Crippen molar-refractivity contribution in [1.82, 2.24) is 29.7 Å². The number of nitrogens with one attached hydrogen (secondary N) is 1. The molecule has 3 aromatic heterocycles. The number of aromatic nitrogens is 6. The van der Waals surface area contributed by atoms with Crippen molar-refractivity contribution in [3.8, 4) is 23.1 Å². The molecule has 37 heavy (non-hydrogen) atoms. The summed E-state index contributed by atoms with van der Waals surface area (Å²) in [6.45, 7) is 4.01. The standard InChI is InChI=1S/C27H27N7O2S/c1-17-15-28-25(29-16-17)24(36-4)18(2)37-33-27-32-31-26(22-10-7-11-23(30-22)35-3)34(27)21-13-12-19-8-5-6-9-20(19)14-21/h5-16,18,24H,1-4H3,(H,32,33). The largest absolute Gasteiger partial charge is 0.481 e. The van der Waals surface area contributed by atoms with Crippen LogP contribution in [0.2, 0.25) is 0 Å². The van der Waals surface area contributed by atoms with Crippen LogP contribution in [0.5, 0.6) is 5.88 Å². The molecule has 188 valence electrons. The number of benzene rings is 2. The van der Waals surface area contributed by atoms with Crippen LogP contribution >= 0.6 is 11.9 Å². The Kier molecular flexibility index (Phi) is 7.29. The molecular weight excluding hydrogens is 486 g/mol. The SMILES string of the molecule is COc1cccc(-c2nnc(NSC(C)C(OC)c3ncc(C)cn3)n2-c2ccc3ccccc3c2)n1. The smallest absolute Gasteiger partial charge is 0.239 e. The molecule has 0 aliphatic rings. The number of aryl methyl sites for hydroxylation is 1. The molecule has 2 atom stereocenters. The van der Waals surface area contributed by atoms with E-state index >= 15 is 0 Å². The summed E-state index contributed by atoms with van der Waals surface area (Å²) in [5, 5.41) is 11.2. The number of methoxy groups -OCH3 is 2. The average Bonchev–Trinajstić information content (AvgIpc) is 3.37. The highest BCUT2D eigenvalue weighted by Gasteiger charge is 2.24. The fraction of sp³-hybridized carbons (Fsp3) is 0.222. The maximum atomic E-state index is 5.74. The second kappa shape index (κ2) is 10.9. The zero-order valence-corrected chi connectivity index (χ0v) is 21.8.